The summed E-state index contributed by atoms with van der Waals surface area (Å²) in [5.74, 6) is 1.23. The molecule has 0 saturated carbocycles. The van der Waals surface area contributed by atoms with Crippen LogP contribution in [0.5, 0.6) is 11.6 Å². The monoisotopic (exact) mass is 351 g/mol. The molecule has 0 atom stereocenters. The summed E-state index contributed by atoms with van der Waals surface area (Å²) in [5.41, 5.74) is 1.54. The van der Waals surface area contributed by atoms with Crippen LogP contribution in [0.3, 0.4) is 0 Å². The predicted octanol–water partition coefficient (Wildman–Crippen LogP) is 3.02. The number of aromatic nitrogens is 5. The molecule has 4 rings (SSSR count). The molecule has 3 aromatic heterocycles. The van der Waals surface area contributed by atoms with Crippen molar-refractivity contribution in [3.8, 4) is 11.6 Å². The normalized spacial score (nSPS) is 10.9. The van der Waals surface area contributed by atoms with Gasteiger partial charge >= 0.3 is 0 Å². The van der Waals surface area contributed by atoms with Crippen molar-refractivity contribution in [1.29, 1.82) is 0 Å². The van der Waals surface area contributed by atoms with Gasteiger partial charge in [0.1, 0.15) is 11.3 Å². The molecule has 1 aromatic carbocycles. The molecule has 25 heavy (non-hydrogen) atoms. The van der Waals surface area contributed by atoms with Crippen molar-refractivity contribution in [2.75, 3.05) is 0 Å². The number of ether oxygens (including phenoxy) is 1. The lowest BCUT2D eigenvalue weighted by Crippen LogP contribution is -2.15. The third-order valence-electron chi connectivity index (χ3n) is 3.67. The standard InChI is InChI=1S/C17H13N5O2S/c23-16-14-15(20-10-19-14)22(17(25)21-16)9-11-6-7-13(18-8-11)24-12-4-2-1-3-5-12/h1-8,10H,9H2,(H,19,20)(H,21,23,25). The van der Waals surface area contributed by atoms with E-state index in [2.05, 4.69) is 19.9 Å². The quantitative estimate of drug-likeness (QED) is 0.552. The highest BCUT2D eigenvalue weighted by atomic mass is 32.1. The summed E-state index contributed by atoms with van der Waals surface area (Å²) in [4.78, 5) is 25.8. The first-order valence-electron chi connectivity index (χ1n) is 7.55. The summed E-state index contributed by atoms with van der Waals surface area (Å²) < 4.78 is 7.74. The van der Waals surface area contributed by atoms with Crippen molar-refractivity contribution in [2.45, 2.75) is 6.54 Å². The Hall–Kier alpha value is -3.26. The lowest BCUT2D eigenvalue weighted by atomic mass is 10.3. The zero-order chi connectivity index (χ0) is 17.2. The maximum Gasteiger partial charge on any atom is 0.277 e. The largest absolute Gasteiger partial charge is 0.439 e. The first-order valence-corrected chi connectivity index (χ1v) is 7.95. The van der Waals surface area contributed by atoms with E-state index in [-0.39, 0.29) is 5.56 Å². The number of benzene rings is 1. The van der Waals surface area contributed by atoms with E-state index >= 15 is 0 Å². The topological polar surface area (TPSA) is 88.6 Å². The summed E-state index contributed by atoms with van der Waals surface area (Å²) in [7, 11) is 0. The third-order valence-corrected chi connectivity index (χ3v) is 3.99. The van der Waals surface area contributed by atoms with E-state index in [1.165, 1.54) is 6.33 Å². The second kappa shape index (κ2) is 6.33. The number of nitrogens with one attached hydrogen (secondary N) is 2. The van der Waals surface area contributed by atoms with E-state index in [1.807, 2.05) is 36.4 Å². The van der Waals surface area contributed by atoms with Gasteiger partial charge in [-0.15, -0.1) is 0 Å². The summed E-state index contributed by atoms with van der Waals surface area (Å²) in [6.45, 7) is 0.440. The minimum Gasteiger partial charge on any atom is -0.439 e. The molecule has 0 radical (unpaired) electrons. The van der Waals surface area contributed by atoms with Gasteiger partial charge in [-0.2, -0.15) is 0 Å². The van der Waals surface area contributed by atoms with Gasteiger partial charge in [0.15, 0.2) is 10.4 Å². The Morgan fingerprint density at radius 3 is 2.72 bits per heavy atom. The molecule has 0 spiro atoms. The molecule has 4 aromatic rings. The van der Waals surface area contributed by atoms with Gasteiger partial charge in [0.2, 0.25) is 5.88 Å². The molecule has 124 valence electrons. The zero-order valence-corrected chi connectivity index (χ0v) is 13.8. The van der Waals surface area contributed by atoms with E-state index < -0.39 is 0 Å². The fourth-order valence-electron chi connectivity index (χ4n) is 2.49. The van der Waals surface area contributed by atoms with Crippen molar-refractivity contribution in [3.63, 3.8) is 0 Å². The fourth-order valence-corrected chi connectivity index (χ4v) is 2.73. The molecule has 0 aliphatic heterocycles. The Bertz CT molecular complexity index is 1130. The molecule has 0 amide bonds. The van der Waals surface area contributed by atoms with Gasteiger partial charge in [0.05, 0.1) is 12.9 Å². The number of hydrogen-bond donors (Lipinski definition) is 2. The molecule has 7 nitrogen and oxygen atoms in total. The highest BCUT2D eigenvalue weighted by molar-refractivity contribution is 7.71. The lowest BCUT2D eigenvalue weighted by Gasteiger charge is -2.09. The average molecular weight is 351 g/mol. The van der Waals surface area contributed by atoms with Gasteiger partial charge in [-0.05, 0) is 29.9 Å². The second-order valence-corrected chi connectivity index (χ2v) is 5.75. The Morgan fingerprint density at radius 1 is 1.12 bits per heavy atom. The molecule has 3 heterocycles. The first-order chi connectivity index (χ1) is 12.2. The summed E-state index contributed by atoms with van der Waals surface area (Å²) in [6.07, 6.45) is 3.18. The van der Waals surface area contributed by atoms with Gasteiger partial charge in [-0.3, -0.25) is 14.3 Å². The van der Waals surface area contributed by atoms with Crippen LogP contribution in [-0.2, 0) is 6.54 Å². The minimum atomic E-state index is -0.279. The van der Waals surface area contributed by atoms with Crippen LogP contribution in [0.4, 0.5) is 0 Å². The molecule has 0 aliphatic carbocycles. The van der Waals surface area contributed by atoms with E-state index in [1.54, 1.807) is 16.8 Å². The van der Waals surface area contributed by atoms with Gasteiger partial charge in [-0.1, -0.05) is 24.3 Å². The first kappa shape index (κ1) is 15.3. The minimum absolute atomic E-state index is 0.279. The van der Waals surface area contributed by atoms with Crippen LogP contribution < -0.4 is 10.3 Å². The molecule has 0 unspecified atom stereocenters. The van der Waals surface area contributed by atoms with Crippen LogP contribution in [0, 0.1) is 4.77 Å². The summed E-state index contributed by atoms with van der Waals surface area (Å²) in [5, 5.41) is 0. The SMILES string of the molecule is O=c1[nH]c(=S)n(Cc2ccc(Oc3ccccc3)nc2)c2nc[nH]c12. The number of nitrogens with zero attached hydrogens (tertiary/aromatic N) is 3. The number of rotatable bonds is 4. The van der Waals surface area contributed by atoms with Gasteiger partial charge < -0.3 is 9.72 Å². The molecule has 0 fully saturated rings. The van der Waals surface area contributed by atoms with Crippen LogP contribution in [0.15, 0.2) is 59.8 Å². The highest BCUT2D eigenvalue weighted by Gasteiger charge is 2.09. The van der Waals surface area contributed by atoms with Crippen molar-refractivity contribution >= 4 is 23.4 Å². The van der Waals surface area contributed by atoms with Crippen molar-refractivity contribution in [3.05, 3.63) is 75.7 Å². The highest BCUT2D eigenvalue weighted by Crippen LogP contribution is 2.19. The van der Waals surface area contributed by atoms with E-state index in [4.69, 9.17) is 17.0 Å². The fraction of sp³-hybridized carbons (Fsp3) is 0.0588. The Labute approximate surface area is 147 Å². The third kappa shape index (κ3) is 3.07. The predicted molar refractivity (Wildman–Crippen MR) is 95.4 cm³/mol. The number of hydrogen-bond acceptors (Lipinski definition) is 5. The molecule has 8 heteroatoms. The zero-order valence-electron chi connectivity index (χ0n) is 13.0. The Balaban J connectivity index is 1.61. The van der Waals surface area contributed by atoms with E-state index in [0.29, 0.717) is 28.4 Å². The van der Waals surface area contributed by atoms with Crippen LogP contribution >= 0.6 is 12.2 Å². The summed E-state index contributed by atoms with van der Waals surface area (Å²) in [6, 6.07) is 13.1. The Kier molecular flexibility index (Phi) is 3.87. The van der Waals surface area contributed by atoms with Gasteiger partial charge in [0.25, 0.3) is 5.56 Å². The molecular formula is C17H13N5O2S. The van der Waals surface area contributed by atoms with Gasteiger partial charge in [0, 0.05) is 12.3 Å². The van der Waals surface area contributed by atoms with Crippen LogP contribution in [0.25, 0.3) is 11.2 Å². The molecule has 0 aliphatic rings. The smallest absolute Gasteiger partial charge is 0.277 e. The maximum atomic E-state index is 11.8. The number of aromatic amines is 2. The van der Waals surface area contributed by atoms with E-state index in [0.717, 1.165) is 11.3 Å². The summed E-state index contributed by atoms with van der Waals surface area (Å²) >= 11 is 5.25. The van der Waals surface area contributed by atoms with Crippen LogP contribution in [0.2, 0.25) is 0 Å². The maximum absolute atomic E-state index is 11.8. The van der Waals surface area contributed by atoms with Crippen molar-refractivity contribution < 1.29 is 4.74 Å². The molecular weight excluding hydrogens is 338 g/mol. The number of fused-ring (bicyclic) bond motifs is 1. The Morgan fingerprint density at radius 2 is 1.96 bits per heavy atom. The average Bonchev–Trinajstić information content (AvgIpc) is 3.11. The number of para-hydroxylation sites is 1. The molecule has 2 N–H and O–H groups in total. The lowest BCUT2D eigenvalue weighted by molar-refractivity contribution is 0.462. The number of H-pyrrole nitrogens is 2. The van der Waals surface area contributed by atoms with E-state index in [9.17, 15) is 4.79 Å². The van der Waals surface area contributed by atoms with Crippen LogP contribution in [0.1, 0.15) is 5.56 Å². The van der Waals surface area contributed by atoms with Crippen molar-refractivity contribution in [1.82, 2.24) is 24.5 Å². The van der Waals surface area contributed by atoms with Crippen molar-refractivity contribution in [2.24, 2.45) is 0 Å². The molecule has 0 bridgehead atoms. The molecule has 0 saturated heterocycles. The second-order valence-electron chi connectivity index (χ2n) is 5.37. The number of pyridine rings is 1. The number of imidazole rings is 1. The van der Waals surface area contributed by atoms with Gasteiger partial charge in [-0.25, -0.2) is 9.97 Å². The van der Waals surface area contributed by atoms with Crippen LogP contribution in [-0.4, -0.2) is 24.5 Å².